The number of benzene rings is 2. The van der Waals surface area contributed by atoms with Gasteiger partial charge in [0.05, 0.1) is 14.2 Å². The number of para-hydroxylation sites is 1. The fourth-order valence-corrected chi connectivity index (χ4v) is 2.37. The van der Waals surface area contributed by atoms with Gasteiger partial charge in [0.15, 0.2) is 29.7 Å². The lowest BCUT2D eigenvalue weighted by Crippen LogP contribution is -2.34. The third kappa shape index (κ3) is 4.86. The molecule has 0 heterocycles. The molecule has 2 aromatic carbocycles. The topological polar surface area (TPSA) is 48.0 Å². The number of ether oxygens (including phenoxy) is 3. The van der Waals surface area contributed by atoms with Crippen LogP contribution in [0, 0.1) is 5.82 Å². The molecule has 134 valence electrons. The van der Waals surface area contributed by atoms with Crippen molar-refractivity contribution in [2.45, 2.75) is 13.5 Å². The van der Waals surface area contributed by atoms with E-state index in [4.69, 9.17) is 14.2 Å². The lowest BCUT2D eigenvalue weighted by atomic mass is 10.2. The first kappa shape index (κ1) is 18.6. The lowest BCUT2D eigenvalue weighted by molar-refractivity contribution is -0.133. The van der Waals surface area contributed by atoms with E-state index in [0.29, 0.717) is 24.6 Å². The lowest BCUT2D eigenvalue weighted by Gasteiger charge is -2.21. The first-order chi connectivity index (χ1) is 12.1. The van der Waals surface area contributed by atoms with Crippen LogP contribution in [-0.4, -0.2) is 38.2 Å². The van der Waals surface area contributed by atoms with Gasteiger partial charge in [-0.05, 0) is 36.8 Å². The van der Waals surface area contributed by atoms with E-state index in [2.05, 4.69) is 0 Å². The predicted molar refractivity (Wildman–Crippen MR) is 92.5 cm³/mol. The maximum atomic E-state index is 13.5. The Morgan fingerprint density at radius 1 is 1.04 bits per heavy atom. The molecule has 1 amide bonds. The molecular formula is C19H22FNO4. The van der Waals surface area contributed by atoms with Crippen LogP contribution in [0.1, 0.15) is 12.5 Å². The molecule has 0 spiro atoms. The fourth-order valence-electron chi connectivity index (χ4n) is 2.37. The molecule has 5 nitrogen and oxygen atoms in total. The zero-order chi connectivity index (χ0) is 18.2. The molecule has 2 aromatic rings. The second kappa shape index (κ2) is 8.92. The highest BCUT2D eigenvalue weighted by atomic mass is 19.1. The van der Waals surface area contributed by atoms with Gasteiger partial charge in [-0.25, -0.2) is 4.39 Å². The number of amides is 1. The first-order valence-electron chi connectivity index (χ1n) is 7.95. The van der Waals surface area contributed by atoms with Crippen molar-refractivity contribution in [2.24, 2.45) is 0 Å². The van der Waals surface area contributed by atoms with Crippen molar-refractivity contribution in [3.05, 3.63) is 53.8 Å². The fraction of sp³-hybridized carbons (Fsp3) is 0.316. The monoisotopic (exact) mass is 347 g/mol. The van der Waals surface area contributed by atoms with E-state index in [9.17, 15) is 9.18 Å². The van der Waals surface area contributed by atoms with Gasteiger partial charge in [-0.3, -0.25) is 4.79 Å². The molecule has 2 rings (SSSR count). The van der Waals surface area contributed by atoms with Crippen LogP contribution in [0.15, 0.2) is 42.5 Å². The third-order valence-corrected chi connectivity index (χ3v) is 3.74. The summed E-state index contributed by atoms with van der Waals surface area (Å²) in [6.07, 6.45) is 0. The molecule has 0 bridgehead atoms. The molecule has 0 fully saturated rings. The summed E-state index contributed by atoms with van der Waals surface area (Å²) in [4.78, 5) is 14.0. The van der Waals surface area contributed by atoms with Gasteiger partial charge in [-0.1, -0.05) is 18.2 Å². The summed E-state index contributed by atoms with van der Waals surface area (Å²) in [5, 5.41) is 0. The zero-order valence-electron chi connectivity index (χ0n) is 14.6. The first-order valence-corrected chi connectivity index (χ1v) is 7.95. The van der Waals surface area contributed by atoms with Crippen LogP contribution in [-0.2, 0) is 11.3 Å². The Hall–Kier alpha value is -2.76. The summed E-state index contributed by atoms with van der Waals surface area (Å²) in [5.41, 5.74) is 0.902. The van der Waals surface area contributed by atoms with Crippen LogP contribution in [0.25, 0.3) is 0 Å². The van der Waals surface area contributed by atoms with Crippen LogP contribution < -0.4 is 14.2 Å². The van der Waals surface area contributed by atoms with Crippen molar-refractivity contribution in [1.29, 1.82) is 0 Å². The van der Waals surface area contributed by atoms with Crippen molar-refractivity contribution in [3.63, 3.8) is 0 Å². The van der Waals surface area contributed by atoms with Gasteiger partial charge in [0.2, 0.25) is 0 Å². The predicted octanol–water partition coefficient (Wildman–Crippen LogP) is 3.27. The van der Waals surface area contributed by atoms with Crippen LogP contribution in [0.5, 0.6) is 17.2 Å². The molecule has 0 aliphatic rings. The van der Waals surface area contributed by atoms with E-state index in [1.807, 2.05) is 19.1 Å². The van der Waals surface area contributed by atoms with E-state index < -0.39 is 5.82 Å². The minimum atomic E-state index is -0.488. The average Bonchev–Trinajstić information content (AvgIpc) is 2.64. The highest BCUT2D eigenvalue weighted by Crippen LogP contribution is 2.28. The largest absolute Gasteiger partial charge is 0.493 e. The molecule has 0 saturated carbocycles. The number of carbonyl (C=O) groups is 1. The summed E-state index contributed by atoms with van der Waals surface area (Å²) in [5.74, 6) is 0.589. The van der Waals surface area contributed by atoms with Gasteiger partial charge in [0, 0.05) is 13.1 Å². The van der Waals surface area contributed by atoms with E-state index in [-0.39, 0.29) is 18.3 Å². The van der Waals surface area contributed by atoms with Gasteiger partial charge in [0.25, 0.3) is 5.91 Å². The molecule has 0 aliphatic carbocycles. The van der Waals surface area contributed by atoms with Gasteiger partial charge in [-0.2, -0.15) is 0 Å². The summed E-state index contributed by atoms with van der Waals surface area (Å²) >= 11 is 0. The number of methoxy groups -OCH3 is 2. The van der Waals surface area contributed by atoms with E-state index in [1.54, 1.807) is 37.3 Å². The molecular weight excluding hydrogens is 325 g/mol. The summed E-state index contributed by atoms with van der Waals surface area (Å²) in [6, 6.07) is 11.5. The Balaban J connectivity index is 2.01. The molecule has 0 radical (unpaired) electrons. The summed E-state index contributed by atoms with van der Waals surface area (Å²) < 4.78 is 29.3. The molecule has 0 atom stereocenters. The number of rotatable bonds is 8. The Labute approximate surface area is 146 Å². The summed E-state index contributed by atoms with van der Waals surface area (Å²) in [6.45, 7) is 2.56. The highest BCUT2D eigenvalue weighted by Gasteiger charge is 2.15. The van der Waals surface area contributed by atoms with E-state index in [1.165, 1.54) is 12.1 Å². The Bertz CT molecular complexity index is 720. The number of nitrogens with zero attached hydrogens (tertiary/aromatic N) is 1. The Kier molecular flexibility index (Phi) is 6.62. The van der Waals surface area contributed by atoms with Crippen molar-refractivity contribution in [3.8, 4) is 17.2 Å². The molecule has 0 aliphatic heterocycles. The number of carbonyl (C=O) groups excluding carboxylic acids is 1. The van der Waals surface area contributed by atoms with Crippen molar-refractivity contribution < 1.29 is 23.4 Å². The van der Waals surface area contributed by atoms with Gasteiger partial charge < -0.3 is 19.1 Å². The SMILES string of the molecule is CCN(Cc1ccc(OC)c(OC)c1)C(=O)COc1ccccc1F. The zero-order valence-corrected chi connectivity index (χ0v) is 14.6. The minimum absolute atomic E-state index is 0.0676. The molecule has 6 heteroatoms. The molecule has 0 saturated heterocycles. The van der Waals surface area contributed by atoms with E-state index >= 15 is 0 Å². The smallest absolute Gasteiger partial charge is 0.260 e. The molecule has 0 aromatic heterocycles. The van der Waals surface area contributed by atoms with Crippen LogP contribution >= 0.6 is 0 Å². The average molecular weight is 347 g/mol. The highest BCUT2D eigenvalue weighted by molar-refractivity contribution is 5.77. The number of hydrogen-bond acceptors (Lipinski definition) is 4. The van der Waals surface area contributed by atoms with Crippen molar-refractivity contribution >= 4 is 5.91 Å². The molecule has 0 N–H and O–H groups in total. The van der Waals surface area contributed by atoms with Gasteiger partial charge >= 0.3 is 0 Å². The second-order valence-electron chi connectivity index (χ2n) is 5.32. The standard InChI is InChI=1S/C19H22FNO4/c1-4-21(12-14-9-10-17(23-2)18(11-14)24-3)19(22)13-25-16-8-6-5-7-15(16)20/h5-11H,4,12-13H2,1-3H3. The second-order valence-corrected chi connectivity index (χ2v) is 5.32. The molecule has 25 heavy (non-hydrogen) atoms. The van der Waals surface area contributed by atoms with Gasteiger partial charge in [-0.15, -0.1) is 0 Å². The summed E-state index contributed by atoms with van der Waals surface area (Å²) in [7, 11) is 3.13. The maximum Gasteiger partial charge on any atom is 0.260 e. The Morgan fingerprint density at radius 3 is 2.40 bits per heavy atom. The third-order valence-electron chi connectivity index (χ3n) is 3.74. The Morgan fingerprint density at radius 2 is 1.76 bits per heavy atom. The minimum Gasteiger partial charge on any atom is -0.493 e. The van der Waals surface area contributed by atoms with Crippen LogP contribution in [0.2, 0.25) is 0 Å². The number of hydrogen-bond donors (Lipinski definition) is 0. The van der Waals surface area contributed by atoms with E-state index in [0.717, 1.165) is 5.56 Å². The van der Waals surface area contributed by atoms with Crippen molar-refractivity contribution in [1.82, 2.24) is 4.90 Å². The number of likely N-dealkylation sites (N-methyl/N-ethyl adjacent to an activating group) is 1. The maximum absolute atomic E-state index is 13.5. The number of halogens is 1. The van der Waals surface area contributed by atoms with Gasteiger partial charge in [0.1, 0.15) is 0 Å². The normalized spacial score (nSPS) is 10.2. The van der Waals surface area contributed by atoms with Crippen LogP contribution in [0.4, 0.5) is 4.39 Å². The molecule has 0 unspecified atom stereocenters. The van der Waals surface area contributed by atoms with Crippen molar-refractivity contribution in [2.75, 3.05) is 27.4 Å². The quantitative estimate of drug-likeness (QED) is 0.735. The van der Waals surface area contributed by atoms with Crippen LogP contribution in [0.3, 0.4) is 0 Å².